The first-order chi connectivity index (χ1) is 8.85. The molecular weight excluding hydrogens is 240 g/mol. The predicted molar refractivity (Wildman–Crippen MR) is 76.3 cm³/mol. The van der Waals surface area contributed by atoms with Gasteiger partial charge < -0.3 is 10.4 Å². The van der Waals surface area contributed by atoms with Crippen LogP contribution in [-0.4, -0.2) is 32.4 Å². The Labute approximate surface area is 113 Å². The molecule has 0 aliphatic rings. The highest BCUT2D eigenvalue weighted by molar-refractivity contribution is 5.67. The third-order valence-corrected chi connectivity index (χ3v) is 2.87. The highest BCUT2D eigenvalue weighted by Crippen LogP contribution is 2.21. The molecule has 1 atom stereocenters. The van der Waals surface area contributed by atoms with Crippen LogP contribution in [0.4, 0.5) is 5.82 Å². The summed E-state index contributed by atoms with van der Waals surface area (Å²) in [4.78, 5) is 4.31. The molecule has 0 aliphatic carbocycles. The molecule has 19 heavy (non-hydrogen) atoms. The smallest absolute Gasteiger partial charge is 0.152 e. The lowest BCUT2D eigenvalue weighted by Crippen LogP contribution is -2.25. The maximum atomic E-state index is 10.0. The highest BCUT2D eigenvalue weighted by Gasteiger charge is 2.17. The third-order valence-electron chi connectivity index (χ3n) is 2.87. The van der Waals surface area contributed by atoms with Crippen molar-refractivity contribution in [1.82, 2.24) is 14.6 Å². The first-order valence-corrected chi connectivity index (χ1v) is 6.58. The van der Waals surface area contributed by atoms with Crippen LogP contribution in [0.5, 0.6) is 0 Å². The SMILES string of the molecule is Cc1cc2c(NCC(O)CC(C)(C)C)nccn2n1. The van der Waals surface area contributed by atoms with Crippen LogP contribution < -0.4 is 5.32 Å². The number of nitrogens with one attached hydrogen (secondary N) is 1. The minimum atomic E-state index is -0.383. The van der Waals surface area contributed by atoms with Gasteiger partial charge in [-0.1, -0.05) is 20.8 Å². The number of hydrogen-bond acceptors (Lipinski definition) is 4. The monoisotopic (exact) mass is 262 g/mol. The number of nitrogens with zero attached hydrogens (tertiary/aromatic N) is 3. The van der Waals surface area contributed by atoms with E-state index < -0.39 is 0 Å². The van der Waals surface area contributed by atoms with Gasteiger partial charge in [-0.25, -0.2) is 9.50 Å². The Morgan fingerprint density at radius 3 is 2.84 bits per heavy atom. The van der Waals surface area contributed by atoms with Gasteiger partial charge in [-0.05, 0) is 24.8 Å². The van der Waals surface area contributed by atoms with Gasteiger partial charge in [-0.15, -0.1) is 0 Å². The molecular formula is C14H22N4O. The van der Waals surface area contributed by atoms with Gasteiger partial charge in [0.1, 0.15) is 5.52 Å². The lowest BCUT2D eigenvalue weighted by molar-refractivity contribution is 0.132. The number of fused-ring (bicyclic) bond motifs is 1. The molecule has 0 amide bonds. The molecule has 5 nitrogen and oxygen atoms in total. The highest BCUT2D eigenvalue weighted by atomic mass is 16.3. The summed E-state index contributed by atoms with van der Waals surface area (Å²) in [5, 5.41) is 17.5. The molecule has 0 bridgehead atoms. The van der Waals surface area contributed by atoms with Crippen molar-refractivity contribution < 1.29 is 5.11 Å². The van der Waals surface area contributed by atoms with Crippen molar-refractivity contribution in [3.63, 3.8) is 0 Å². The fraction of sp³-hybridized carbons (Fsp3) is 0.571. The zero-order valence-electron chi connectivity index (χ0n) is 12.0. The van der Waals surface area contributed by atoms with Crippen LogP contribution in [0.25, 0.3) is 5.52 Å². The summed E-state index contributed by atoms with van der Waals surface area (Å²) in [5.74, 6) is 0.760. The fourth-order valence-electron chi connectivity index (χ4n) is 2.17. The minimum Gasteiger partial charge on any atom is -0.391 e. The fourth-order valence-corrected chi connectivity index (χ4v) is 2.17. The minimum absolute atomic E-state index is 0.119. The number of aromatic nitrogens is 3. The van der Waals surface area contributed by atoms with Crippen molar-refractivity contribution in [1.29, 1.82) is 0 Å². The predicted octanol–water partition coefficient (Wildman–Crippen LogP) is 2.25. The van der Waals surface area contributed by atoms with Gasteiger partial charge in [0.15, 0.2) is 5.82 Å². The summed E-state index contributed by atoms with van der Waals surface area (Å²) in [6.45, 7) is 8.81. The van der Waals surface area contributed by atoms with E-state index in [-0.39, 0.29) is 11.5 Å². The molecule has 0 spiro atoms. The first-order valence-electron chi connectivity index (χ1n) is 6.58. The second-order valence-electron chi connectivity index (χ2n) is 6.19. The van der Waals surface area contributed by atoms with Gasteiger partial charge in [0.05, 0.1) is 11.8 Å². The second-order valence-corrected chi connectivity index (χ2v) is 6.19. The summed E-state index contributed by atoms with van der Waals surface area (Å²) in [7, 11) is 0. The molecule has 2 heterocycles. The topological polar surface area (TPSA) is 62.5 Å². The number of aliphatic hydroxyl groups excluding tert-OH is 1. The molecule has 0 saturated carbocycles. The number of anilines is 1. The molecule has 0 aromatic carbocycles. The maximum Gasteiger partial charge on any atom is 0.152 e. The summed E-state index contributed by atoms with van der Waals surface area (Å²) < 4.78 is 1.79. The zero-order chi connectivity index (χ0) is 14.0. The number of aryl methyl sites for hydroxylation is 1. The quantitative estimate of drug-likeness (QED) is 0.887. The Kier molecular flexibility index (Phi) is 3.75. The third kappa shape index (κ3) is 3.67. The Bertz CT molecular complexity index is 556. The normalized spacial score (nSPS) is 13.7. The van der Waals surface area contributed by atoms with Crippen molar-refractivity contribution >= 4 is 11.3 Å². The van der Waals surface area contributed by atoms with Gasteiger partial charge in [0.2, 0.25) is 0 Å². The molecule has 2 N–H and O–H groups in total. The van der Waals surface area contributed by atoms with E-state index in [2.05, 4.69) is 36.2 Å². The van der Waals surface area contributed by atoms with Crippen LogP contribution in [0.1, 0.15) is 32.9 Å². The number of hydrogen-bond donors (Lipinski definition) is 2. The lowest BCUT2D eigenvalue weighted by atomic mass is 9.89. The van der Waals surface area contributed by atoms with E-state index in [1.54, 1.807) is 10.7 Å². The molecule has 0 saturated heterocycles. The van der Waals surface area contributed by atoms with Gasteiger partial charge in [0, 0.05) is 18.9 Å². The number of rotatable bonds is 4. The number of aliphatic hydroxyl groups is 1. The van der Waals surface area contributed by atoms with Crippen LogP contribution in [0.2, 0.25) is 0 Å². The van der Waals surface area contributed by atoms with Crippen molar-refractivity contribution in [3.05, 3.63) is 24.2 Å². The van der Waals surface area contributed by atoms with E-state index >= 15 is 0 Å². The van der Waals surface area contributed by atoms with Crippen molar-refractivity contribution in [2.24, 2.45) is 5.41 Å². The van der Waals surface area contributed by atoms with Crippen LogP contribution in [0.3, 0.4) is 0 Å². The molecule has 104 valence electrons. The standard InChI is InChI=1S/C14H22N4O/c1-10-7-12-13(15-5-6-18(12)17-10)16-9-11(19)8-14(2,3)4/h5-7,11,19H,8-9H2,1-4H3,(H,15,16). The Morgan fingerprint density at radius 1 is 1.42 bits per heavy atom. The van der Waals surface area contributed by atoms with E-state index in [1.165, 1.54) is 0 Å². The average Bonchev–Trinajstić information content (AvgIpc) is 2.64. The summed E-state index contributed by atoms with van der Waals surface area (Å²) in [6, 6.07) is 1.98. The van der Waals surface area contributed by atoms with E-state index in [1.807, 2.05) is 19.2 Å². The van der Waals surface area contributed by atoms with E-state index in [0.29, 0.717) is 6.54 Å². The molecule has 2 rings (SSSR count). The van der Waals surface area contributed by atoms with E-state index in [9.17, 15) is 5.11 Å². The van der Waals surface area contributed by atoms with Gasteiger partial charge >= 0.3 is 0 Å². The first kappa shape index (κ1) is 13.8. The summed E-state index contributed by atoms with van der Waals surface area (Å²) in [5.41, 5.74) is 2.00. The molecule has 2 aromatic rings. The summed E-state index contributed by atoms with van der Waals surface area (Å²) >= 11 is 0. The molecule has 5 heteroatoms. The van der Waals surface area contributed by atoms with Crippen molar-refractivity contribution in [2.75, 3.05) is 11.9 Å². The molecule has 1 unspecified atom stereocenters. The Morgan fingerprint density at radius 2 is 2.16 bits per heavy atom. The van der Waals surface area contributed by atoms with Crippen LogP contribution >= 0.6 is 0 Å². The van der Waals surface area contributed by atoms with E-state index in [4.69, 9.17) is 0 Å². The maximum absolute atomic E-state index is 10.0. The van der Waals surface area contributed by atoms with E-state index in [0.717, 1.165) is 23.4 Å². The Hall–Kier alpha value is -1.62. The molecule has 2 aromatic heterocycles. The van der Waals surface area contributed by atoms with Crippen LogP contribution in [0.15, 0.2) is 18.5 Å². The average molecular weight is 262 g/mol. The summed E-state index contributed by atoms with van der Waals surface area (Å²) in [6.07, 6.45) is 3.89. The molecule has 0 radical (unpaired) electrons. The molecule has 0 aliphatic heterocycles. The van der Waals surface area contributed by atoms with Gasteiger partial charge in [-0.3, -0.25) is 0 Å². The zero-order valence-corrected chi connectivity index (χ0v) is 12.0. The van der Waals surface area contributed by atoms with Gasteiger partial charge in [0.25, 0.3) is 0 Å². The Balaban J connectivity index is 2.05. The molecule has 0 fully saturated rings. The van der Waals surface area contributed by atoms with Crippen LogP contribution in [-0.2, 0) is 0 Å². The van der Waals surface area contributed by atoms with Crippen molar-refractivity contribution in [2.45, 2.75) is 40.2 Å². The largest absolute Gasteiger partial charge is 0.391 e. The lowest BCUT2D eigenvalue weighted by Gasteiger charge is -2.22. The van der Waals surface area contributed by atoms with Crippen molar-refractivity contribution in [3.8, 4) is 0 Å². The van der Waals surface area contributed by atoms with Gasteiger partial charge in [-0.2, -0.15) is 5.10 Å². The second kappa shape index (κ2) is 5.17. The van der Waals surface area contributed by atoms with Crippen LogP contribution in [0, 0.1) is 12.3 Å².